The molecule has 0 radical (unpaired) electrons. The lowest BCUT2D eigenvalue weighted by Gasteiger charge is -2.06. The number of aryl methyl sites for hydroxylation is 2. The summed E-state index contributed by atoms with van der Waals surface area (Å²) in [5, 5.41) is 5.70. The predicted octanol–water partition coefficient (Wildman–Crippen LogP) is 4.40. The first-order valence-electron chi connectivity index (χ1n) is 8.47. The van der Waals surface area contributed by atoms with E-state index >= 15 is 0 Å². The number of ketones is 1. The summed E-state index contributed by atoms with van der Waals surface area (Å²) in [6, 6.07) is 10.7. The second kappa shape index (κ2) is 7.49. The van der Waals surface area contributed by atoms with Crippen LogP contribution in [0.5, 0.6) is 0 Å². The Balaban J connectivity index is 1.50. The Morgan fingerprint density at radius 1 is 1.14 bits per heavy atom. The van der Waals surface area contributed by atoms with E-state index in [9.17, 15) is 9.59 Å². The Kier molecular flexibility index (Phi) is 4.89. The van der Waals surface area contributed by atoms with Gasteiger partial charge in [-0.25, -0.2) is 9.97 Å². The Labute approximate surface area is 169 Å². The van der Waals surface area contributed by atoms with Gasteiger partial charge in [0.2, 0.25) is 5.78 Å². The number of thiophene rings is 1. The Hall–Kier alpha value is -3.10. The van der Waals surface area contributed by atoms with Gasteiger partial charge in [0.05, 0.1) is 10.6 Å². The fourth-order valence-electron chi connectivity index (χ4n) is 2.72. The zero-order chi connectivity index (χ0) is 19.7. The first-order valence-corrected chi connectivity index (χ1v) is 10.2. The lowest BCUT2D eigenvalue weighted by atomic mass is 10.1. The number of benzene rings is 1. The molecule has 28 heavy (non-hydrogen) atoms. The van der Waals surface area contributed by atoms with E-state index in [1.54, 1.807) is 59.6 Å². The zero-order valence-electron chi connectivity index (χ0n) is 15.2. The third-order valence-electron chi connectivity index (χ3n) is 4.16. The van der Waals surface area contributed by atoms with Gasteiger partial charge in [-0.1, -0.05) is 6.07 Å². The summed E-state index contributed by atoms with van der Waals surface area (Å²) >= 11 is 2.97. The zero-order valence-corrected chi connectivity index (χ0v) is 16.8. The number of carbonyl (C=O) groups is 2. The molecular weight excluding hydrogens is 392 g/mol. The van der Waals surface area contributed by atoms with E-state index < -0.39 is 0 Å². The van der Waals surface area contributed by atoms with Crippen LogP contribution in [0.2, 0.25) is 0 Å². The summed E-state index contributed by atoms with van der Waals surface area (Å²) in [5.41, 5.74) is 1.83. The van der Waals surface area contributed by atoms with E-state index in [0.29, 0.717) is 27.6 Å². The minimum atomic E-state index is -0.207. The normalized spacial score (nSPS) is 10.8. The number of thiazole rings is 1. The number of hydrogen-bond acceptors (Lipinski definition) is 6. The minimum Gasteiger partial charge on any atom is -0.331 e. The summed E-state index contributed by atoms with van der Waals surface area (Å²) in [6.07, 6.45) is 3.31. The standard InChI is InChI=1S/C20H16N4O2S2/c1-12-17(28-20(22-12)15-4-3-11-27-15)19(26)23-14-7-5-13(6-8-14)16(25)18-21-9-10-24(18)2/h3-11H,1-2H3,(H,23,26). The van der Waals surface area contributed by atoms with Gasteiger partial charge in [-0.05, 0) is 42.6 Å². The lowest BCUT2D eigenvalue weighted by molar-refractivity contribution is 0.102. The smallest absolute Gasteiger partial charge is 0.267 e. The van der Waals surface area contributed by atoms with Crippen LogP contribution in [0.4, 0.5) is 5.69 Å². The quantitative estimate of drug-likeness (QED) is 0.497. The highest BCUT2D eigenvalue weighted by molar-refractivity contribution is 7.22. The van der Waals surface area contributed by atoms with Crippen molar-refractivity contribution in [2.24, 2.45) is 7.05 Å². The molecule has 0 bridgehead atoms. The maximum atomic E-state index is 12.7. The van der Waals surface area contributed by atoms with Crippen LogP contribution in [0.25, 0.3) is 9.88 Å². The Morgan fingerprint density at radius 3 is 2.57 bits per heavy atom. The van der Waals surface area contributed by atoms with Crippen LogP contribution in [-0.4, -0.2) is 26.2 Å². The number of nitrogens with zero attached hydrogens (tertiary/aromatic N) is 3. The molecule has 0 saturated heterocycles. The Morgan fingerprint density at radius 2 is 1.93 bits per heavy atom. The first kappa shape index (κ1) is 18.3. The molecule has 1 aromatic carbocycles. The van der Waals surface area contributed by atoms with Gasteiger partial charge in [-0.3, -0.25) is 9.59 Å². The lowest BCUT2D eigenvalue weighted by Crippen LogP contribution is -2.12. The van der Waals surface area contributed by atoms with Gasteiger partial charge in [0.15, 0.2) is 5.82 Å². The van der Waals surface area contributed by atoms with Gasteiger partial charge in [0.1, 0.15) is 9.88 Å². The van der Waals surface area contributed by atoms with Crippen LogP contribution < -0.4 is 5.32 Å². The van der Waals surface area contributed by atoms with Crippen molar-refractivity contribution in [2.45, 2.75) is 6.92 Å². The molecule has 4 rings (SSSR count). The molecule has 3 aromatic heterocycles. The van der Waals surface area contributed by atoms with Crippen LogP contribution in [0.1, 0.15) is 31.5 Å². The van der Waals surface area contributed by atoms with Crippen LogP contribution >= 0.6 is 22.7 Å². The van der Waals surface area contributed by atoms with Gasteiger partial charge < -0.3 is 9.88 Å². The van der Waals surface area contributed by atoms with Gasteiger partial charge in [-0.15, -0.1) is 22.7 Å². The molecule has 140 valence electrons. The van der Waals surface area contributed by atoms with E-state index in [4.69, 9.17) is 0 Å². The molecule has 0 fully saturated rings. The minimum absolute atomic E-state index is 0.163. The molecule has 1 amide bonds. The third kappa shape index (κ3) is 3.51. The van der Waals surface area contributed by atoms with Crippen molar-refractivity contribution >= 4 is 40.1 Å². The first-order chi connectivity index (χ1) is 13.5. The maximum Gasteiger partial charge on any atom is 0.267 e. The van der Waals surface area contributed by atoms with E-state index in [-0.39, 0.29) is 11.7 Å². The predicted molar refractivity (Wildman–Crippen MR) is 111 cm³/mol. The summed E-state index contributed by atoms with van der Waals surface area (Å²) in [5.74, 6) is 0.00317. The third-order valence-corrected chi connectivity index (χ3v) is 6.36. The highest BCUT2D eigenvalue weighted by Gasteiger charge is 2.18. The molecule has 0 spiro atoms. The molecule has 1 N–H and O–H groups in total. The maximum absolute atomic E-state index is 12.7. The van der Waals surface area contributed by atoms with E-state index in [1.807, 2.05) is 24.4 Å². The highest BCUT2D eigenvalue weighted by atomic mass is 32.1. The van der Waals surface area contributed by atoms with Gasteiger partial charge in [-0.2, -0.15) is 0 Å². The van der Waals surface area contributed by atoms with Gasteiger partial charge >= 0.3 is 0 Å². The topological polar surface area (TPSA) is 76.9 Å². The molecule has 0 aliphatic rings. The van der Waals surface area contributed by atoms with Crippen LogP contribution in [0, 0.1) is 6.92 Å². The van der Waals surface area contributed by atoms with E-state index in [1.165, 1.54) is 11.3 Å². The van der Waals surface area contributed by atoms with Crippen molar-refractivity contribution < 1.29 is 9.59 Å². The number of hydrogen-bond donors (Lipinski definition) is 1. The SMILES string of the molecule is Cc1nc(-c2cccs2)sc1C(=O)Nc1ccc(C(=O)c2nccn2C)cc1. The monoisotopic (exact) mass is 408 g/mol. The molecule has 6 nitrogen and oxygen atoms in total. The average Bonchev–Trinajstić information content (AvgIpc) is 3.42. The second-order valence-corrected chi connectivity index (χ2v) is 8.08. The van der Waals surface area contributed by atoms with Crippen molar-refractivity contribution in [1.82, 2.24) is 14.5 Å². The van der Waals surface area contributed by atoms with Gasteiger partial charge in [0.25, 0.3) is 5.91 Å². The number of carbonyl (C=O) groups excluding carboxylic acids is 2. The van der Waals surface area contributed by atoms with Gasteiger partial charge in [0, 0.05) is 30.7 Å². The fourth-order valence-corrected chi connectivity index (χ4v) is 4.48. The molecule has 3 heterocycles. The van der Waals surface area contributed by atoms with Crippen LogP contribution in [0.3, 0.4) is 0 Å². The summed E-state index contributed by atoms with van der Waals surface area (Å²) in [7, 11) is 1.77. The van der Waals surface area contributed by atoms with Crippen LogP contribution in [-0.2, 0) is 7.05 Å². The van der Waals surface area contributed by atoms with Crippen molar-refractivity contribution in [3.05, 3.63) is 76.1 Å². The number of amides is 1. The van der Waals surface area contributed by atoms with Crippen LogP contribution in [0.15, 0.2) is 54.2 Å². The average molecular weight is 409 g/mol. The molecule has 0 unspecified atom stereocenters. The van der Waals surface area contributed by atoms with E-state index in [2.05, 4.69) is 15.3 Å². The molecule has 0 atom stereocenters. The molecule has 0 saturated carbocycles. The molecule has 0 aliphatic carbocycles. The number of aromatic nitrogens is 3. The summed E-state index contributed by atoms with van der Waals surface area (Å²) < 4.78 is 1.68. The number of nitrogens with one attached hydrogen (secondary N) is 1. The molecule has 4 aromatic rings. The fraction of sp³-hybridized carbons (Fsp3) is 0.100. The number of imidazole rings is 1. The molecule has 0 aliphatic heterocycles. The van der Waals surface area contributed by atoms with Crippen molar-refractivity contribution in [1.29, 1.82) is 0 Å². The second-order valence-electron chi connectivity index (χ2n) is 6.13. The van der Waals surface area contributed by atoms with E-state index in [0.717, 1.165) is 9.88 Å². The Bertz CT molecular complexity index is 1140. The van der Waals surface area contributed by atoms with Crippen molar-refractivity contribution in [3.63, 3.8) is 0 Å². The summed E-state index contributed by atoms with van der Waals surface area (Å²) in [6.45, 7) is 1.83. The number of rotatable bonds is 5. The molecular formula is C20H16N4O2S2. The number of anilines is 1. The highest BCUT2D eigenvalue weighted by Crippen LogP contribution is 2.31. The molecule has 8 heteroatoms. The largest absolute Gasteiger partial charge is 0.331 e. The van der Waals surface area contributed by atoms with Crippen molar-refractivity contribution in [3.8, 4) is 9.88 Å². The van der Waals surface area contributed by atoms with Crippen molar-refractivity contribution in [2.75, 3.05) is 5.32 Å². The summed E-state index contributed by atoms with van der Waals surface area (Å²) in [4.78, 5) is 35.3.